The van der Waals surface area contributed by atoms with Crippen molar-refractivity contribution in [2.45, 2.75) is 26.2 Å². The number of phenols is 1. The Morgan fingerprint density at radius 3 is 2.85 bits per heavy atom. The predicted molar refractivity (Wildman–Crippen MR) is 78.5 cm³/mol. The first-order valence-electron chi connectivity index (χ1n) is 7.32. The number of hydrogen-bond donors (Lipinski definition) is 2. The molecule has 3 heteroatoms. The van der Waals surface area contributed by atoms with E-state index in [0.717, 1.165) is 6.42 Å². The highest BCUT2D eigenvalue weighted by Crippen LogP contribution is 2.48. The van der Waals surface area contributed by atoms with Gasteiger partial charge in [0.1, 0.15) is 5.75 Å². The molecule has 4 rings (SSSR count). The van der Waals surface area contributed by atoms with Gasteiger partial charge in [-0.15, -0.1) is 0 Å². The van der Waals surface area contributed by atoms with Crippen LogP contribution in [0.2, 0.25) is 0 Å². The summed E-state index contributed by atoms with van der Waals surface area (Å²) in [6.07, 6.45) is 8.36. The molecular formula is C17H21NO2. The number of benzene rings is 1. The standard InChI is InChI=1S/C17H21NO2/c1-17(10-12-5-7-14(17)8-6-12)11-18-16(20)13-3-2-4-15(19)9-13/h2-5,7,9,12,14,19H,6,8,10-11H2,1H3,(H,18,20). The summed E-state index contributed by atoms with van der Waals surface area (Å²) in [5.74, 6) is 1.29. The fraction of sp³-hybridized carbons (Fsp3) is 0.471. The maximum atomic E-state index is 12.1. The summed E-state index contributed by atoms with van der Waals surface area (Å²) in [5.41, 5.74) is 0.689. The van der Waals surface area contributed by atoms with Gasteiger partial charge in [-0.05, 0) is 54.7 Å². The zero-order valence-electron chi connectivity index (χ0n) is 11.8. The number of aromatic hydroxyl groups is 1. The number of amides is 1. The summed E-state index contributed by atoms with van der Waals surface area (Å²) >= 11 is 0. The number of allylic oxidation sites excluding steroid dienone is 2. The third-order valence-corrected chi connectivity index (χ3v) is 4.85. The lowest BCUT2D eigenvalue weighted by Crippen LogP contribution is -2.45. The van der Waals surface area contributed by atoms with Gasteiger partial charge in [0, 0.05) is 12.1 Å². The smallest absolute Gasteiger partial charge is 0.251 e. The molecule has 3 unspecified atom stereocenters. The normalized spacial score (nSPS) is 31.2. The SMILES string of the molecule is CC1(CNC(=O)c2cccc(O)c2)CC2C=CC1CC2. The van der Waals surface area contributed by atoms with E-state index in [2.05, 4.69) is 24.4 Å². The molecule has 20 heavy (non-hydrogen) atoms. The van der Waals surface area contributed by atoms with Gasteiger partial charge in [-0.25, -0.2) is 0 Å². The van der Waals surface area contributed by atoms with E-state index >= 15 is 0 Å². The molecule has 2 N–H and O–H groups in total. The fourth-order valence-corrected chi connectivity index (χ4v) is 3.61. The fourth-order valence-electron chi connectivity index (χ4n) is 3.61. The predicted octanol–water partition coefficient (Wildman–Crippen LogP) is 3.11. The molecule has 3 aliphatic rings. The van der Waals surface area contributed by atoms with Crippen molar-refractivity contribution in [2.75, 3.05) is 6.54 Å². The molecule has 0 spiro atoms. The third kappa shape index (κ3) is 2.45. The Kier molecular flexibility index (Phi) is 3.28. The molecule has 3 nitrogen and oxygen atoms in total. The molecule has 1 saturated carbocycles. The van der Waals surface area contributed by atoms with Crippen molar-refractivity contribution < 1.29 is 9.90 Å². The number of phenolic OH excluding ortho intramolecular Hbond substituents is 1. The molecule has 106 valence electrons. The van der Waals surface area contributed by atoms with E-state index in [1.54, 1.807) is 18.2 Å². The minimum absolute atomic E-state index is 0.104. The molecule has 0 heterocycles. The zero-order valence-corrected chi connectivity index (χ0v) is 11.8. The summed E-state index contributed by atoms with van der Waals surface area (Å²) in [5, 5.41) is 12.5. The van der Waals surface area contributed by atoms with Crippen LogP contribution in [-0.2, 0) is 0 Å². The highest BCUT2D eigenvalue weighted by Gasteiger charge is 2.41. The van der Waals surface area contributed by atoms with Crippen LogP contribution in [0.3, 0.4) is 0 Å². The van der Waals surface area contributed by atoms with Gasteiger partial charge < -0.3 is 10.4 Å². The van der Waals surface area contributed by atoms with Crippen LogP contribution < -0.4 is 5.32 Å². The van der Waals surface area contributed by atoms with E-state index in [0.29, 0.717) is 23.9 Å². The molecular weight excluding hydrogens is 250 g/mol. The number of carbonyl (C=O) groups is 1. The topological polar surface area (TPSA) is 49.3 Å². The van der Waals surface area contributed by atoms with Crippen molar-refractivity contribution in [3.05, 3.63) is 42.0 Å². The Labute approximate surface area is 119 Å². The molecule has 0 aliphatic heterocycles. The minimum Gasteiger partial charge on any atom is -0.508 e. The van der Waals surface area contributed by atoms with Crippen LogP contribution in [-0.4, -0.2) is 17.6 Å². The van der Waals surface area contributed by atoms with Gasteiger partial charge in [-0.2, -0.15) is 0 Å². The second-order valence-corrected chi connectivity index (χ2v) is 6.42. The molecule has 3 aliphatic carbocycles. The first kappa shape index (κ1) is 13.2. The number of fused-ring (bicyclic) bond motifs is 2. The van der Waals surface area contributed by atoms with Crippen molar-refractivity contribution in [2.24, 2.45) is 17.3 Å². The quantitative estimate of drug-likeness (QED) is 0.830. The summed E-state index contributed by atoms with van der Waals surface area (Å²) in [4.78, 5) is 12.1. The van der Waals surface area contributed by atoms with Crippen molar-refractivity contribution in [1.82, 2.24) is 5.32 Å². The molecule has 1 aromatic rings. The lowest BCUT2D eigenvalue weighted by molar-refractivity contribution is 0.0820. The maximum absolute atomic E-state index is 12.1. The lowest BCUT2D eigenvalue weighted by atomic mass is 9.60. The Hall–Kier alpha value is -1.77. The zero-order chi connectivity index (χ0) is 14.2. The number of rotatable bonds is 3. The van der Waals surface area contributed by atoms with E-state index in [-0.39, 0.29) is 17.1 Å². The van der Waals surface area contributed by atoms with Crippen LogP contribution in [0.5, 0.6) is 5.75 Å². The Bertz CT molecular complexity index is 552. The van der Waals surface area contributed by atoms with Gasteiger partial charge in [0.25, 0.3) is 5.91 Å². The van der Waals surface area contributed by atoms with E-state index in [1.807, 2.05) is 0 Å². The van der Waals surface area contributed by atoms with Crippen LogP contribution in [0.1, 0.15) is 36.5 Å². The minimum atomic E-state index is -0.104. The summed E-state index contributed by atoms with van der Waals surface area (Å²) < 4.78 is 0. The molecule has 0 aromatic heterocycles. The first-order chi connectivity index (χ1) is 9.57. The van der Waals surface area contributed by atoms with Crippen LogP contribution >= 0.6 is 0 Å². The van der Waals surface area contributed by atoms with E-state index in [4.69, 9.17) is 0 Å². The first-order valence-corrected chi connectivity index (χ1v) is 7.32. The van der Waals surface area contributed by atoms with Crippen molar-refractivity contribution in [1.29, 1.82) is 0 Å². The number of carbonyl (C=O) groups excluding carboxylic acids is 1. The average Bonchev–Trinajstić information content (AvgIpc) is 2.46. The molecule has 0 saturated heterocycles. The van der Waals surface area contributed by atoms with Gasteiger partial charge in [0.2, 0.25) is 0 Å². The second-order valence-electron chi connectivity index (χ2n) is 6.42. The van der Waals surface area contributed by atoms with Gasteiger partial charge in [-0.1, -0.05) is 25.1 Å². The molecule has 0 radical (unpaired) electrons. The molecule has 2 bridgehead atoms. The van der Waals surface area contributed by atoms with Gasteiger partial charge in [0.05, 0.1) is 0 Å². The van der Waals surface area contributed by atoms with Crippen molar-refractivity contribution in [3.8, 4) is 5.75 Å². The summed E-state index contributed by atoms with van der Waals surface area (Å²) in [7, 11) is 0. The molecule has 3 atom stereocenters. The number of nitrogens with one attached hydrogen (secondary N) is 1. The van der Waals surface area contributed by atoms with Gasteiger partial charge in [-0.3, -0.25) is 4.79 Å². The highest BCUT2D eigenvalue weighted by molar-refractivity contribution is 5.94. The second kappa shape index (κ2) is 4.97. The van der Waals surface area contributed by atoms with E-state index in [1.165, 1.54) is 18.9 Å². The van der Waals surface area contributed by atoms with Crippen molar-refractivity contribution >= 4 is 5.91 Å². The lowest BCUT2D eigenvalue weighted by Gasteiger charge is -2.46. The van der Waals surface area contributed by atoms with E-state index in [9.17, 15) is 9.90 Å². The third-order valence-electron chi connectivity index (χ3n) is 4.85. The molecule has 1 fully saturated rings. The monoisotopic (exact) mass is 271 g/mol. The van der Waals surface area contributed by atoms with Gasteiger partial charge >= 0.3 is 0 Å². The highest BCUT2D eigenvalue weighted by atomic mass is 16.3. The Morgan fingerprint density at radius 2 is 2.25 bits per heavy atom. The Balaban J connectivity index is 1.65. The van der Waals surface area contributed by atoms with Gasteiger partial charge in [0.15, 0.2) is 0 Å². The van der Waals surface area contributed by atoms with Crippen LogP contribution in [0, 0.1) is 17.3 Å². The summed E-state index contributed by atoms with van der Waals surface area (Å²) in [6, 6.07) is 6.50. The van der Waals surface area contributed by atoms with Crippen LogP contribution in [0.15, 0.2) is 36.4 Å². The molecule has 1 amide bonds. The Morgan fingerprint density at radius 1 is 1.40 bits per heavy atom. The van der Waals surface area contributed by atoms with E-state index < -0.39 is 0 Å². The van der Waals surface area contributed by atoms with Crippen LogP contribution in [0.25, 0.3) is 0 Å². The maximum Gasteiger partial charge on any atom is 0.251 e. The molecule has 1 aromatic carbocycles. The summed E-state index contributed by atoms with van der Waals surface area (Å²) in [6.45, 7) is 2.98. The van der Waals surface area contributed by atoms with Crippen molar-refractivity contribution in [3.63, 3.8) is 0 Å². The number of hydrogen-bond acceptors (Lipinski definition) is 2. The largest absolute Gasteiger partial charge is 0.508 e. The average molecular weight is 271 g/mol. The van der Waals surface area contributed by atoms with Crippen LogP contribution in [0.4, 0.5) is 0 Å².